The molecule has 6 rings (SSSR count). The third-order valence-corrected chi connectivity index (χ3v) is 10.1. The summed E-state index contributed by atoms with van der Waals surface area (Å²) in [5.74, 6) is 1.23. The lowest BCUT2D eigenvalue weighted by molar-refractivity contribution is -0.678. The van der Waals surface area contributed by atoms with Crippen molar-refractivity contribution in [1.29, 1.82) is 0 Å². The van der Waals surface area contributed by atoms with Crippen LogP contribution in [0.15, 0.2) is 132 Å². The van der Waals surface area contributed by atoms with Gasteiger partial charge in [0.2, 0.25) is 11.5 Å². The lowest BCUT2D eigenvalue weighted by Crippen LogP contribution is -2.35. The molecule has 1 aliphatic rings. The molecule has 0 fully saturated rings. The summed E-state index contributed by atoms with van der Waals surface area (Å²) in [4.78, 5) is 2.00. The Labute approximate surface area is 298 Å². The molecule has 1 aromatic heterocycles. The molecular formula is C39H39N2O8S2+. The molecule has 0 saturated heterocycles. The predicted molar refractivity (Wildman–Crippen MR) is 199 cm³/mol. The quantitative estimate of drug-likeness (QED) is 0.0481. The first kappa shape index (κ1) is 35.8. The van der Waals surface area contributed by atoms with Crippen molar-refractivity contribution in [3.63, 3.8) is 0 Å². The zero-order chi connectivity index (χ0) is 35.8. The van der Waals surface area contributed by atoms with E-state index in [1.54, 1.807) is 0 Å². The summed E-state index contributed by atoms with van der Waals surface area (Å²) < 4.78 is 78.0. The average Bonchev–Trinajstić information content (AvgIpc) is 3.64. The number of nitrogens with zero attached hydrogens (tertiary/aromatic N) is 2. The Morgan fingerprint density at radius 3 is 1.96 bits per heavy atom. The molecule has 4 aromatic carbocycles. The third kappa shape index (κ3) is 9.62. The number of hydrogen-bond acceptors (Lipinski definition) is 7. The van der Waals surface area contributed by atoms with Gasteiger partial charge in [0, 0.05) is 19.0 Å². The van der Waals surface area contributed by atoms with Crippen LogP contribution in [0.2, 0.25) is 0 Å². The summed E-state index contributed by atoms with van der Waals surface area (Å²) in [6.07, 6.45) is 10.8. The second kappa shape index (κ2) is 15.9. The molecule has 2 heterocycles. The van der Waals surface area contributed by atoms with Gasteiger partial charge in [0.25, 0.3) is 25.8 Å². The van der Waals surface area contributed by atoms with Crippen molar-refractivity contribution in [2.24, 2.45) is 0 Å². The summed E-state index contributed by atoms with van der Waals surface area (Å²) in [7, 11) is -8.09. The van der Waals surface area contributed by atoms with Crippen molar-refractivity contribution >= 4 is 43.1 Å². The molecule has 0 unspecified atom stereocenters. The fraction of sp³-hybridized carbons (Fsp3) is 0.205. The predicted octanol–water partition coefficient (Wildman–Crippen LogP) is 7.70. The van der Waals surface area contributed by atoms with Crippen LogP contribution >= 0.6 is 0 Å². The minimum Gasteiger partial charge on any atom is -0.439 e. The Kier molecular flexibility index (Phi) is 11.2. The molecule has 264 valence electrons. The van der Waals surface area contributed by atoms with Crippen LogP contribution < -0.4 is 14.2 Å². The zero-order valence-electron chi connectivity index (χ0n) is 27.8. The summed E-state index contributed by atoms with van der Waals surface area (Å²) >= 11 is 0. The Balaban J connectivity index is 1.23. The Morgan fingerprint density at radius 1 is 0.667 bits per heavy atom. The number of rotatable bonds is 15. The van der Waals surface area contributed by atoms with Crippen molar-refractivity contribution in [3.8, 4) is 28.0 Å². The lowest BCUT2D eigenvalue weighted by atomic mass is 10.0. The highest BCUT2D eigenvalue weighted by Gasteiger charge is 2.26. The molecule has 0 amide bonds. The van der Waals surface area contributed by atoms with Crippen LogP contribution in [-0.2, 0) is 26.8 Å². The van der Waals surface area contributed by atoms with Gasteiger partial charge in [-0.15, -0.1) is 0 Å². The van der Waals surface area contributed by atoms with E-state index >= 15 is 0 Å². The highest BCUT2D eigenvalue weighted by molar-refractivity contribution is 7.86. The number of anilines is 1. The third-order valence-electron chi connectivity index (χ3n) is 8.44. The van der Waals surface area contributed by atoms with Gasteiger partial charge in [0.15, 0.2) is 12.3 Å². The SMILES string of the molecule is O=S(=O)(O)CCCCN1C(=CC=CC=Cc2oc3ccc(-c4ccccc4)cc3[n+]2CCCCS(=O)(=O)O)Oc2ccc(-c3ccccc3)cc21. The second-order valence-corrected chi connectivity index (χ2v) is 15.3. The van der Waals surface area contributed by atoms with Crippen molar-refractivity contribution < 1.29 is 39.7 Å². The molecule has 0 spiro atoms. The Bertz CT molecular complexity index is 2300. The van der Waals surface area contributed by atoms with Crippen LogP contribution in [0.25, 0.3) is 39.4 Å². The molecule has 10 nitrogen and oxygen atoms in total. The highest BCUT2D eigenvalue weighted by Crippen LogP contribution is 2.41. The number of unbranched alkanes of at least 4 members (excludes halogenated alkanes) is 2. The Morgan fingerprint density at radius 2 is 1.29 bits per heavy atom. The summed E-state index contributed by atoms with van der Waals surface area (Å²) in [5, 5.41) is 0. The summed E-state index contributed by atoms with van der Waals surface area (Å²) in [6.45, 7) is 0.968. The number of aromatic nitrogens is 1. The van der Waals surface area contributed by atoms with Crippen LogP contribution in [0.4, 0.5) is 5.69 Å². The number of ether oxygens (including phenoxy) is 1. The Hall–Kier alpha value is -5.01. The van der Waals surface area contributed by atoms with Gasteiger partial charge < -0.3 is 14.1 Å². The standard InChI is InChI=1S/C39H38N2O8S2/c42-50(43,44)26-12-10-24-40-34-28-32(30-14-4-1-5-15-30)20-22-36(34)48-38(40)18-8-3-9-19-39-41(25-11-13-27-51(45,46)47)35-29-33(21-23-37(35)49-39)31-16-6-2-7-17-31/h1-9,14-23,28-29H,10-13,24-27H2,(H-,42,43,44,45,46,47)/p+1. The monoisotopic (exact) mass is 727 g/mol. The van der Waals surface area contributed by atoms with Crippen LogP contribution in [0, 0.1) is 0 Å². The van der Waals surface area contributed by atoms with Gasteiger partial charge in [-0.3, -0.25) is 9.11 Å². The van der Waals surface area contributed by atoms with Crippen molar-refractivity contribution in [3.05, 3.63) is 133 Å². The minimum atomic E-state index is -4.05. The lowest BCUT2D eigenvalue weighted by Gasteiger charge is -2.18. The fourth-order valence-electron chi connectivity index (χ4n) is 5.98. The molecule has 0 radical (unpaired) electrons. The molecule has 0 saturated carbocycles. The van der Waals surface area contributed by atoms with E-state index in [1.165, 1.54) is 0 Å². The molecule has 0 bridgehead atoms. The average molecular weight is 728 g/mol. The second-order valence-electron chi connectivity index (χ2n) is 12.2. The van der Waals surface area contributed by atoms with Gasteiger partial charge in [-0.25, -0.2) is 0 Å². The van der Waals surface area contributed by atoms with Gasteiger partial charge in [0.1, 0.15) is 0 Å². The first-order valence-electron chi connectivity index (χ1n) is 16.7. The van der Waals surface area contributed by atoms with E-state index in [2.05, 4.69) is 12.1 Å². The highest BCUT2D eigenvalue weighted by atomic mass is 32.2. The van der Waals surface area contributed by atoms with E-state index in [0.717, 1.165) is 33.5 Å². The van der Waals surface area contributed by atoms with E-state index in [1.807, 2.05) is 125 Å². The van der Waals surface area contributed by atoms with Crippen LogP contribution in [0.1, 0.15) is 31.6 Å². The normalized spacial score (nSPS) is 14.2. The van der Waals surface area contributed by atoms with E-state index in [9.17, 15) is 25.9 Å². The molecule has 2 N–H and O–H groups in total. The molecule has 5 aromatic rings. The topological polar surface area (TPSA) is 138 Å². The molecule has 1 aliphatic heterocycles. The molecule has 0 atom stereocenters. The maximum atomic E-state index is 11.3. The maximum Gasteiger partial charge on any atom is 0.374 e. The maximum absolute atomic E-state index is 11.3. The van der Waals surface area contributed by atoms with Crippen molar-refractivity contribution in [2.75, 3.05) is 23.0 Å². The van der Waals surface area contributed by atoms with Gasteiger partial charge in [-0.2, -0.15) is 21.4 Å². The van der Waals surface area contributed by atoms with Gasteiger partial charge in [-0.1, -0.05) is 91.0 Å². The summed E-state index contributed by atoms with van der Waals surface area (Å²) in [5.41, 5.74) is 6.59. The van der Waals surface area contributed by atoms with E-state index < -0.39 is 20.2 Å². The van der Waals surface area contributed by atoms with Crippen molar-refractivity contribution in [1.82, 2.24) is 0 Å². The fourth-order valence-corrected chi connectivity index (χ4v) is 7.12. The number of oxazole rings is 1. The van der Waals surface area contributed by atoms with Crippen LogP contribution in [0.3, 0.4) is 0 Å². The van der Waals surface area contributed by atoms with E-state index in [4.69, 9.17) is 9.15 Å². The van der Waals surface area contributed by atoms with Gasteiger partial charge in [0.05, 0.1) is 23.3 Å². The first-order valence-corrected chi connectivity index (χ1v) is 19.9. The number of fused-ring (bicyclic) bond motifs is 2. The van der Waals surface area contributed by atoms with E-state index in [0.29, 0.717) is 61.9 Å². The number of hydrogen-bond donors (Lipinski definition) is 2. The molecule has 12 heteroatoms. The van der Waals surface area contributed by atoms with E-state index in [-0.39, 0.29) is 11.5 Å². The van der Waals surface area contributed by atoms with Crippen molar-refractivity contribution in [2.45, 2.75) is 32.2 Å². The molecule has 0 aliphatic carbocycles. The number of aryl methyl sites for hydroxylation is 1. The smallest absolute Gasteiger partial charge is 0.374 e. The summed E-state index contributed by atoms with van der Waals surface area (Å²) in [6, 6.07) is 31.9. The van der Waals surface area contributed by atoms with Gasteiger partial charge in [-0.05, 0) is 65.8 Å². The zero-order valence-corrected chi connectivity index (χ0v) is 29.5. The number of benzene rings is 4. The van der Waals surface area contributed by atoms with Crippen LogP contribution in [0.5, 0.6) is 5.75 Å². The minimum absolute atomic E-state index is 0.301. The largest absolute Gasteiger partial charge is 0.439 e. The molecule has 51 heavy (non-hydrogen) atoms. The number of allylic oxidation sites excluding steroid dienone is 4. The first-order chi connectivity index (χ1) is 24.5. The van der Waals surface area contributed by atoms with Crippen LogP contribution in [-0.4, -0.2) is 44.0 Å². The van der Waals surface area contributed by atoms with Gasteiger partial charge >= 0.3 is 5.89 Å². The molecular weight excluding hydrogens is 689 g/mol.